The van der Waals surface area contributed by atoms with Crippen molar-refractivity contribution in [2.45, 2.75) is 13.8 Å². The highest BCUT2D eigenvalue weighted by atomic mass is 16.5. The fourth-order valence-corrected chi connectivity index (χ4v) is 2.72. The molecule has 0 fully saturated rings. The molecule has 5 heteroatoms. The van der Waals surface area contributed by atoms with Crippen molar-refractivity contribution in [1.82, 2.24) is 0 Å². The van der Waals surface area contributed by atoms with E-state index in [2.05, 4.69) is 5.32 Å². The summed E-state index contributed by atoms with van der Waals surface area (Å²) in [4.78, 5) is 23.7. The first-order valence-electron chi connectivity index (χ1n) is 8.20. The van der Waals surface area contributed by atoms with Crippen molar-refractivity contribution >= 4 is 28.3 Å². The summed E-state index contributed by atoms with van der Waals surface area (Å²) in [5.74, 6) is -1.25. The van der Waals surface area contributed by atoms with Gasteiger partial charge < -0.3 is 15.2 Å². The number of nitrogens with one attached hydrogen (secondary N) is 1. The molecule has 0 radical (unpaired) electrons. The molecule has 0 saturated heterocycles. The van der Waals surface area contributed by atoms with E-state index in [1.54, 1.807) is 18.2 Å². The van der Waals surface area contributed by atoms with Crippen LogP contribution in [0, 0.1) is 13.8 Å². The molecule has 0 spiro atoms. The van der Waals surface area contributed by atoms with Gasteiger partial charge in [-0.25, -0.2) is 4.79 Å². The van der Waals surface area contributed by atoms with Crippen LogP contribution in [0.15, 0.2) is 54.6 Å². The standard InChI is InChI=1S/C21H19NO4/c1-13-7-9-16(11-14(13)2)22-19(23)12-26-20-17-6-4-3-5-15(17)8-10-18(20)21(24)25/h3-11H,12H2,1-2H3,(H,22,23)(H,24,25). The molecule has 0 unspecified atom stereocenters. The SMILES string of the molecule is Cc1ccc(NC(=O)COc2c(C(=O)O)ccc3ccccc23)cc1C. The minimum Gasteiger partial charge on any atom is -0.482 e. The summed E-state index contributed by atoms with van der Waals surface area (Å²) in [6.07, 6.45) is 0. The second-order valence-corrected chi connectivity index (χ2v) is 6.10. The summed E-state index contributed by atoms with van der Waals surface area (Å²) < 4.78 is 5.61. The predicted molar refractivity (Wildman–Crippen MR) is 101 cm³/mol. The van der Waals surface area contributed by atoms with Gasteiger partial charge in [-0.1, -0.05) is 36.4 Å². The number of amides is 1. The van der Waals surface area contributed by atoms with E-state index in [1.807, 2.05) is 44.2 Å². The largest absolute Gasteiger partial charge is 0.482 e. The molecule has 0 aliphatic carbocycles. The smallest absolute Gasteiger partial charge is 0.339 e. The Kier molecular flexibility index (Phi) is 4.89. The number of carboxylic acid groups (broad SMARTS) is 1. The van der Waals surface area contributed by atoms with Gasteiger partial charge in [0.25, 0.3) is 5.91 Å². The number of carboxylic acids is 1. The fraction of sp³-hybridized carbons (Fsp3) is 0.143. The van der Waals surface area contributed by atoms with Gasteiger partial charge in [0.05, 0.1) is 0 Å². The predicted octanol–water partition coefficient (Wildman–Crippen LogP) is 4.17. The molecule has 3 aromatic carbocycles. The molecule has 0 aliphatic heterocycles. The average molecular weight is 349 g/mol. The molecule has 0 aromatic heterocycles. The van der Waals surface area contributed by atoms with E-state index in [9.17, 15) is 14.7 Å². The molecule has 0 bridgehead atoms. The third kappa shape index (κ3) is 3.67. The molecule has 0 aliphatic rings. The number of hydrogen-bond acceptors (Lipinski definition) is 3. The summed E-state index contributed by atoms with van der Waals surface area (Å²) >= 11 is 0. The van der Waals surface area contributed by atoms with Gasteiger partial charge in [0, 0.05) is 11.1 Å². The number of aryl methyl sites for hydroxylation is 2. The molecule has 0 saturated carbocycles. The molecule has 2 N–H and O–H groups in total. The average Bonchev–Trinajstić information content (AvgIpc) is 2.62. The number of fused-ring (bicyclic) bond motifs is 1. The number of carbonyl (C=O) groups is 2. The van der Waals surface area contributed by atoms with Gasteiger partial charge in [-0.3, -0.25) is 4.79 Å². The van der Waals surface area contributed by atoms with Crippen LogP contribution in [-0.2, 0) is 4.79 Å². The van der Waals surface area contributed by atoms with Crippen molar-refractivity contribution in [1.29, 1.82) is 0 Å². The Hall–Kier alpha value is -3.34. The topological polar surface area (TPSA) is 75.6 Å². The van der Waals surface area contributed by atoms with Gasteiger partial charge in [-0.05, 0) is 48.6 Å². The molecule has 26 heavy (non-hydrogen) atoms. The third-order valence-corrected chi connectivity index (χ3v) is 4.25. The maximum atomic E-state index is 12.2. The van der Waals surface area contributed by atoms with Crippen LogP contribution in [0.2, 0.25) is 0 Å². The maximum Gasteiger partial charge on any atom is 0.339 e. The van der Waals surface area contributed by atoms with Crippen LogP contribution in [-0.4, -0.2) is 23.6 Å². The zero-order valence-electron chi connectivity index (χ0n) is 14.6. The summed E-state index contributed by atoms with van der Waals surface area (Å²) in [5, 5.41) is 13.7. The number of hydrogen-bond donors (Lipinski definition) is 2. The first kappa shape index (κ1) is 17.5. The number of carbonyl (C=O) groups excluding carboxylic acids is 1. The van der Waals surface area contributed by atoms with E-state index < -0.39 is 5.97 Å². The maximum absolute atomic E-state index is 12.2. The summed E-state index contributed by atoms with van der Waals surface area (Å²) in [5.41, 5.74) is 2.92. The molecule has 3 aromatic rings. The third-order valence-electron chi connectivity index (χ3n) is 4.25. The van der Waals surface area contributed by atoms with Crippen LogP contribution in [0.4, 0.5) is 5.69 Å². The molecule has 3 rings (SSSR count). The van der Waals surface area contributed by atoms with Crippen molar-refractivity contribution in [3.63, 3.8) is 0 Å². The Bertz CT molecular complexity index is 994. The second-order valence-electron chi connectivity index (χ2n) is 6.10. The number of benzene rings is 3. The highest BCUT2D eigenvalue weighted by Crippen LogP contribution is 2.30. The Balaban J connectivity index is 1.80. The fourth-order valence-electron chi connectivity index (χ4n) is 2.72. The molecule has 1 amide bonds. The van der Waals surface area contributed by atoms with E-state index in [0.29, 0.717) is 11.1 Å². The summed E-state index contributed by atoms with van der Waals surface area (Å²) in [6, 6.07) is 16.1. The number of ether oxygens (including phenoxy) is 1. The van der Waals surface area contributed by atoms with Crippen LogP contribution in [0.5, 0.6) is 5.75 Å². The van der Waals surface area contributed by atoms with E-state index in [-0.39, 0.29) is 23.8 Å². The normalized spacial score (nSPS) is 10.5. The van der Waals surface area contributed by atoms with Crippen LogP contribution in [0.1, 0.15) is 21.5 Å². The first-order chi connectivity index (χ1) is 12.5. The lowest BCUT2D eigenvalue weighted by molar-refractivity contribution is -0.118. The van der Waals surface area contributed by atoms with Crippen LogP contribution in [0.3, 0.4) is 0 Å². The highest BCUT2D eigenvalue weighted by Gasteiger charge is 2.16. The zero-order valence-corrected chi connectivity index (χ0v) is 14.6. The Morgan fingerprint density at radius 2 is 1.77 bits per heavy atom. The van der Waals surface area contributed by atoms with Gasteiger partial charge in [-0.15, -0.1) is 0 Å². The monoisotopic (exact) mass is 349 g/mol. The first-order valence-corrected chi connectivity index (χ1v) is 8.20. The van der Waals surface area contributed by atoms with E-state index in [0.717, 1.165) is 16.5 Å². The lowest BCUT2D eigenvalue weighted by Gasteiger charge is -2.13. The number of aromatic carboxylic acids is 1. The second kappa shape index (κ2) is 7.27. The molecule has 5 nitrogen and oxygen atoms in total. The zero-order chi connectivity index (χ0) is 18.7. The van der Waals surface area contributed by atoms with E-state index in [1.165, 1.54) is 6.07 Å². The van der Waals surface area contributed by atoms with Gasteiger partial charge in [0.15, 0.2) is 6.61 Å². The number of anilines is 1. The minimum atomic E-state index is -1.10. The van der Waals surface area contributed by atoms with Gasteiger partial charge >= 0.3 is 5.97 Å². The number of rotatable bonds is 5. The molecular weight excluding hydrogens is 330 g/mol. The van der Waals surface area contributed by atoms with Crippen molar-refractivity contribution in [3.8, 4) is 5.75 Å². The lowest BCUT2D eigenvalue weighted by atomic mass is 10.1. The van der Waals surface area contributed by atoms with Crippen molar-refractivity contribution in [3.05, 3.63) is 71.3 Å². The van der Waals surface area contributed by atoms with E-state index >= 15 is 0 Å². The molecule has 0 atom stereocenters. The van der Waals surface area contributed by atoms with Gasteiger partial charge in [0.2, 0.25) is 0 Å². The molecular formula is C21H19NO4. The Labute approximate surface area is 151 Å². The summed E-state index contributed by atoms with van der Waals surface area (Å²) in [6.45, 7) is 3.69. The lowest BCUT2D eigenvalue weighted by Crippen LogP contribution is -2.21. The Morgan fingerprint density at radius 3 is 2.50 bits per heavy atom. The van der Waals surface area contributed by atoms with Gasteiger partial charge in [0.1, 0.15) is 11.3 Å². The van der Waals surface area contributed by atoms with Crippen molar-refractivity contribution < 1.29 is 19.4 Å². The van der Waals surface area contributed by atoms with Gasteiger partial charge in [-0.2, -0.15) is 0 Å². The molecule has 0 heterocycles. The van der Waals surface area contributed by atoms with E-state index in [4.69, 9.17) is 4.74 Å². The minimum absolute atomic E-state index is 0.0303. The van der Waals surface area contributed by atoms with Crippen LogP contribution in [0.25, 0.3) is 10.8 Å². The van der Waals surface area contributed by atoms with Crippen LogP contribution < -0.4 is 10.1 Å². The van der Waals surface area contributed by atoms with Crippen molar-refractivity contribution in [2.24, 2.45) is 0 Å². The summed E-state index contributed by atoms with van der Waals surface area (Å²) in [7, 11) is 0. The van der Waals surface area contributed by atoms with Crippen LogP contribution >= 0.6 is 0 Å². The Morgan fingerprint density at radius 1 is 1.00 bits per heavy atom. The highest BCUT2D eigenvalue weighted by molar-refractivity contribution is 6.01. The van der Waals surface area contributed by atoms with Crippen molar-refractivity contribution in [2.75, 3.05) is 11.9 Å². The quantitative estimate of drug-likeness (QED) is 0.725. The molecule has 132 valence electrons.